The lowest BCUT2D eigenvalue weighted by Gasteiger charge is -2.07. The van der Waals surface area contributed by atoms with Crippen molar-refractivity contribution in [3.05, 3.63) is 88.9 Å². The lowest BCUT2D eigenvalue weighted by Crippen LogP contribution is -2.09. The highest BCUT2D eigenvalue weighted by molar-refractivity contribution is 5.89. The van der Waals surface area contributed by atoms with Crippen LogP contribution in [0.2, 0.25) is 0 Å². The molecule has 9 rings (SSSR count). The second-order valence-electron chi connectivity index (χ2n) is 11.7. The molecule has 2 unspecified atom stereocenters. The molecular weight excluding hydrogens is 560 g/mol. The predicted molar refractivity (Wildman–Crippen MR) is 157 cm³/mol. The molecule has 0 amide bonds. The molecule has 2 fully saturated rings. The first-order chi connectivity index (χ1) is 21.7. The van der Waals surface area contributed by atoms with E-state index in [0.717, 1.165) is 47.9 Å². The van der Waals surface area contributed by atoms with Crippen molar-refractivity contribution >= 4 is 5.97 Å². The fourth-order valence-corrected chi connectivity index (χ4v) is 7.18. The van der Waals surface area contributed by atoms with Crippen molar-refractivity contribution in [1.82, 2.24) is 41.0 Å². The van der Waals surface area contributed by atoms with E-state index in [1.807, 2.05) is 60.7 Å². The molecule has 12 heteroatoms. The zero-order chi connectivity index (χ0) is 29.6. The standard InChI is InChI=1S/C17H18N2O3.C15H14N6O/c1-2-21-17(20)16-12-8-11-13(14(11)15(12)18-19-16)9-22-10-6-4-3-5-7-10;1-2-4-8(5-3-1)22-7-11-9-6-10-13(12(9)11)16-17-14(10)15-18-20-21-19-15/h3-7,11,13-14H,2,8-9H2,1H3,(H,18,19);1-5,9,11-12H,6-7H2,(H,16,17)(H,18,19,20,21)/t11-,13?,14-;9-,11?,12-/m00/s1. The van der Waals surface area contributed by atoms with Crippen LogP contribution in [0.4, 0.5) is 0 Å². The van der Waals surface area contributed by atoms with Crippen LogP contribution in [0.25, 0.3) is 11.5 Å². The average molecular weight is 593 g/mol. The van der Waals surface area contributed by atoms with Gasteiger partial charge in [-0.2, -0.15) is 15.4 Å². The van der Waals surface area contributed by atoms with Gasteiger partial charge in [-0.3, -0.25) is 10.2 Å². The molecule has 4 aliphatic carbocycles. The van der Waals surface area contributed by atoms with Crippen LogP contribution >= 0.6 is 0 Å². The maximum Gasteiger partial charge on any atom is 0.359 e. The summed E-state index contributed by atoms with van der Waals surface area (Å²) in [6.45, 7) is 3.65. The summed E-state index contributed by atoms with van der Waals surface area (Å²) in [5.41, 5.74) is 5.92. The first-order valence-corrected chi connectivity index (χ1v) is 15.1. The number of benzene rings is 2. The number of nitrogens with zero attached hydrogens (tertiary/aromatic N) is 5. The summed E-state index contributed by atoms with van der Waals surface area (Å²) in [5, 5.41) is 28.8. The Morgan fingerprint density at radius 3 is 1.98 bits per heavy atom. The molecule has 2 saturated carbocycles. The highest BCUT2D eigenvalue weighted by atomic mass is 16.5. The number of H-pyrrole nitrogens is 3. The second-order valence-corrected chi connectivity index (χ2v) is 11.7. The fraction of sp³-hybridized carbons (Fsp3) is 0.375. The summed E-state index contributed by atoms with van der Waals surface area (Å²) in [5.74, 6) is 5.39. The van der Waals surface area contributed by atoms with Gasteiger partial charge in [0.15, 0.2) is 5.69 Å². The Labute approximate surface area is 252 Å². The van der Waals surface area contributed by atoms with E-state index < -0.39 is 0 Å². The van der Waals surface area contributed by atoms with Crippen LogP contribution in [-0.2, 0) is 17.6 Å². The van der Waals surface area contributed by atoms with Crippen molar-refractivity contribution < 1.29 is 19.0 Å². The zero-order valence-corrected chi connectivity index (χ0v) is 24.1. The van der Waals surface area contributed by atoms with E-state index in [4.69, 9.17) is 14.2 Å². The van der Waals surface area contributed by atoms with Crippen molar-refractivity contribution in [1.29, 1.82) is 0 Å². The van der Waals surface area contributed by atoms with Gasteiger partial charge in [0.2, 0.25) is 5.82 Å². The highest BCUT2D eigenvalue weighted by Crippen LogP contribution is 2.62. The van der Waals surface area contributed by atoms with E-state index in [-0.39, 0.29) is 5.97 Å². The molecule has 224 valence electrons. The molecule has 44 heavy (non-hydrogen) atoms. The highest BCUT2D eigenvalue weighted by Gasteiger charge is 2.59. The van der Waals surface area contributed by atoms with Gasteiger partial charge in [0.25, 0.3) is 0 Å². The second kappa shape index (κ2) is 10.9. The van der Waals surface area contributed by atoms with Gasteiger partial charge in [-0.1, -0.05) is 36.4 Å². The Balaban J connectivity index is 0.000000131. The molecule has 0 saturated heterocycles. The number of carbonyl (C=O) groups excluding carboxylic acids is 1. The Bertz CT molecular complexity index is 1750. The van der Waals surface area contributed by atoms with Gasteiger partial charge in [-0.15, -0.1) is 10.2 Å². The summed E-state index contributed by atoms with van der Waals surface area (Å²) < 4.78 is 16.8. The molecule has 0 radical (unpaired) electrons. The van der Waals surface area contributed by atoms with Crippen LogP contribution in [-0.4, -0.2) is 66.8 Å². The number of hydrogen-bond acceptors (Lipinski definition) is 9. The van der Waals surface area contributed by atoms with Gasteiger partial charge in [0.05, 0.1) is 19.8 Å². The minimum absolute atomic E-state index is 0.321. The number of hydrogen-bond donors (Lipinski definition) is 3. The van der Waals surface area contributed by atoms with Crippen molar-refractivity contribution in [3.63, 3.8) is 0 Å². The van der Waals surface area contributed by atoms with E-state index in [1.165, 1.54) is 11.3 Å². The van der Waals surface area contributed by atoms with E-state index >= 15 is 0 Å². The number of rotatable bonds is 9. The SMILES string of the molecule is CCOC(=O)c1n[nH]c2c1C[C@H]1C(COc3ccccc3)[C@@H]21.c1ccc(OCC2[C@H]3c4[nH]nc(-c5nn[nH]n5)c4C[C@@H]23)cc1. The molecule has 12 nitrogen and oxygen atoms in total. The van der Waals surface area contributed by atoms with Crippen LogP contribution in [0.5, 0.6) is 11.5 Å². The smallest absolute Gasteiger partial charge is 0.359 e. The molecule has 6 atom stereocenters. The molecular formula is C32H32N8O4. The molecule has 2 aromatic carbocycles. The lowest BCUT2D eigenvalue weighted by atomic mass is 10.1. The minimum Gasteiger partial charge on any atom is -0.493 e. The van der Waals surface area contributed by atoms with Gasteiger partial charge in [0, 0.05) is 46.2 Å². The van der Waals surface area contributed by atoms with Crippen LogP contribution in [0.3, 0.4) is 0 Å². The number of tetrazole rings is 1. The number of ether oxygens (including phenoxy) is 3. The first kappa shape index (κ1) is 26.6. The van der Waals surface area contributed by atoms with Crippen molar-refractivity contribution in [2.75, 3.05) is 19.8 Å². The minimum atomic E-state index is -0.321. The van der Waals surface area contributed by atoms with E-state index in [0.29, 0.717) is 60.2 Å². The van der Waals surface area contributed by atoms with E-state index in [2.05, 4.69) is 41.0 Å². The fourth-order valence-electron chi connectivity index (χ4n) is 7.18. The number of fused-ring (bicyclic) bond motifs is 6. The van der Waals surface area contributed by atoms with Crippen molar-refractivity contribution in [2.45, 2.75) is 31.6 Å². The number of carbonyl (C=O) groups is 1. The number of para-hydroxylation sites is 2. The Morgan fingerprint density at radius 1 is 0.795 bits per heavy atom. The quantitative estimate of drug-likeness (QED) is 0.214. The molecule has 0 bridgehead atoms. The third-order valence-corrected chi connectivity index (χ3v) is 9.41. The van der Waals surface area contributed by atoms with E-state index in [1.54, 1.807) is 6.92 Å². The molecule has 3 aromatic heterocycles. The summed E-state index contributed by atoms with van der Waals surface area (Å²) in [4.78, 5) is 11.8. The van der Waals surface area contributed by atoms with E-state index in [9.17, 15) is 4.79 Å². The van der Waals surface area contributed by atoms with Gasteiger partial charge in [0.1, 0.15) is 17.2 Å². The maximum atomic E-state index is 11.8. The maximum absolute atomic E-state index is 11.8. The number of nitrogens with one attached hydrogen (secondary N) is 3. The van der Waals surface area contributed by atoms with Crippen LogP contribution in [0.1, 0.15) is 51.8 Å². The molecule has 0 spiro atoms. The molecule has 5 aromatic rings. The largest absolute Gasteiger partial charge is 0.493 e. The lowest BCUT2D eigenvalue weighted by molar-refractivity contribution is 0.0518. The first-order valence-electron chi connectivity index (χ1n) is 15.1. The zero-order valence-electron chi connectivity index (χ0n) is 24.1. The molecule has 3 N–H and O–H groups in total. The number of aromatic amines is 3. The van der Waals surface area contributed by atoms with Gasteiger partial charge in [-0.25, -0.2) is 4.79 Å². The Hall–Kier alpha value is -5.00. The van der Waals surface area contributed by atoms with Crippen LogP contribution < -0.4 is 9.47 Å². The number of esters is 1. The third-order valence-electron chi connectivity index (χ3n) is 9.41. The topological polar surface area (TPSA) is 157 Å². The van der Waals surface area contributed by atoms with Gasteiger partial charge in [-0.05, 0) is 61.1 Å². The molecule has 4 aliphatic rings. The number of aromatic nitrogens is 8. The Kier molecular flexibility index (Phi) is 6.61. The summed E-state index contributed by atoms with van der Waals surface area (Å²) in [6.07, 6.45) is 1.91. The third kappa shape index (κ3) is 4.70. The van der Waals surface area contributed by atoms with Crippen molar-refractivity contribution in [3.8, 4) is 23.0 Å². The monoisotopic (exact) mass is 592 g/mol. The Morgan fingerprint density at radius 2 is 1.39 bits per heavy atom. The molecule has 3 heterocycles. The van der Waals surface area contributed by atoms with Crippen molar-refractivity contribution in [2.24, 2.45) is 23.7 Å². The average Bonchev–Trinajstić information content (AvgIpc) is 3.50. The normalized spacial score (nSPS) is 24.7. The van der Waals surface area contributed by atoms with Crippen LogP contribution in [0.15, 0.2) is 60.7 Å². The molecule has 0 aliphatic heterocycles. The van der Waals surface area contributed by atoms with Gasteiger partial charge >= 0.3 is 5.97 Å². The summed E-state index contributed by atoms with van der Waals surface area (Å²) in [7, 11) is 0. The van der Waals surface area contributed by atoms with Gasteiger partial charge < -0.3 is 14.2 Å². The predicted octanol–water partition coefficient (Wildman–Crippen LogP) is 4.11. The summed E-state index contributed by atoms with van der Waals surface area (Å²) >= 11 is 0. The summed E-state index contributed by atoms with van der Waals surface area (Å²) in [6, 6.07) is 19.8. The van der Waals surface area contributed by atoms with Crippen LogP contribution in [0, 0.1) is 23.7 Å².